The number of methoxy groups -OCH3 is 2. The summed E-state index contributed by atoms with van der Waals surface area (Å²) in [6.07, 6.45) is 6.92. The van der Waals surface area contributed by atoms with Crippen LogP contribution in [0.2, 0.25) is 0 Å². The highest BCUT2D eigenvalue weighted by molar-refractivity contribution is 9.10. The van der Waals surface area contributed by atoms with Gasteiger partial charge in [0.1, 0.15) is 12.4 Å². The van der Waals surface area contributed by atoms with Gasteiger partial charge in [-0.2, -0.15) is 5.01 Å². The standard InChI is InChI=1S/C22H17BrN2O5S2/c1-4-9-30-19-14(10-15(23)12-17(19)29-3)11-18-21(27)25(22(31)32-18)24-20(26)13-5-7-16(28-2)8-6-13/h1,5-8,10-12H,9H2,2-3H3,(H,24,26)/b18-11+. The maximum Gasteiger partial charge on any atom is 0.285 e. The summed E-state index contributed by atoms with van der Waals surface area (Å²) in [4.78, 5) is 25.8. The molecule has 0 bridgehead atoms. The normalized spacial score (nSPS) is 14.3. The fourth-order valence-electron chi connectivity index (χ4n) is 2.73. The van der Waals surface area contributed by atoms with E-state index < -0.39 is 11.8 Å². The van der Waals surface area contributed by atoms with Crippen LogP contribution in [0, 0.1) is 12.3 Å². The Hall–Kier alpha value is -3.00. The van der Waals surface area contributed by atoms with Gasteiger partial charge in [-0.05, 0) is 54.7 Å². The van der Waals surface area contributed by atoms with Crippen LogP contribution in [0.5, 0.6) is 17.2 Å². The van der Waals surface area contributed by atoms with Crippen LogP contribution in [-0.4, -0.2) is 42.0 Å². The molecule has 3 rings (SSSR count). The Morgan fingerprint density at radius 3 is 2.62 bits per heavy atom. The largest absolute Gasteiger partial charge is 0.497 e. The van der Waals surface area contributed by atoms with Gasteiger partial charge >= 0.3 is 0 Å². The summed E-state index contributed by atoms with van der Waals surface area (Å²) in [5, 5.41) is 1.04. The van der Waals surface area contributed by atoms with Crippen molar-refractivity contribution in [2.24, 2.45) is 0 Å². The first-order valence-electron chi connectivity index (χ1n) is 9.04. The molecule has 0 aromatic heterocycles. The molecule has 2 amide bonds. The highest BCUT2D eigenvalue weighted by atomic mass is 79.9. The minimum absolute atomic E-state index is 0.0255. The average molecular weight is 533 g/mol. The van der Waals surface area contributed by atoms with E-state index in [0.717, 1.165) is 21.2 Å². The molecule has 1 heterocycles. The quantitative estimate of drug-likeness (QED) is 0.327. The Balaban J connectivity index is 1.86. The van der Waals surface area contributed by atoms with Crippen molar-refractivity contribution in [1.82, 2.24) is 10.4 Å². The summed E-state index contributed by atoms with van der Waals surface area (Å²) in [5.41, 5.74) is 3.46. The molecule has 2 aromatic rings. The van der Waals surface area contributed by atoms with Gasteiger partial charge in [0.2, 0.25) is 0 Å². The van der Waals surface area contributed by atoms with Crippen molar-refractivity contribution in [3.63, 3.8) is 0 Å². The van der Waals surface area contributed by atoms with Gasteiger partial charge in [-0.1, -0.05) is 33.6 Å². The Morgan fingerprint density at radius 1 is 1.28 bits per heavy atom. The molecule has 164 valence electrons. The number of nitrogens with zero attached hydrogens (tertiary/aromatic N) is 1. The first-order valence-corrected chi connectivity index (χ1v) is 11.1. The van der Waals surface area contributed by atoms with E-state index in [1.807, 2.05) is 0 Å². The van der Waals surface area contributed by atoms with Gasteiger partial charge in [-0.3, -0.25) is 15.0 Å². The lowest BCUT2D eigenvalue weighted by molar-refractivity contribution is -0.123. The van der Waals surface area contributed by atoms with Crippen LogP contribution in [-0.2, 0) is 4.79 Å². The van der Waals surface area contributed by atoms with Crippen LogP contribution in [0.15, 0.2) is 45.8 Å². The van der Waals surface area contributed by atoms with Crippen molar-refractivity contribution < 1.29 is 23.8 Å². The van der Waals surface area contributed by atoms with E-state index in [4.69, 9.17) is 32.9 Å². The minimum atomic E-state index is -0.479. The van der Waals surface area contributed by atoms with Gasteiger partial charge in [0.15, 0.2) is 15.8 Å². The molecular weight excluding hydrogens is 516 g/mol. The number of hydrazine groups is 1. The second-order valence-electron chi connectivity index (χ2n) is 6.21. The van der Waals surface area contributed by atoms with Crippen molar-refractivity contribution in [3.05, 3.63) is 56.9 Å². The molecule has 2 aromatic carbocycles. The van der Waals surface area contributed by atoms with Crippen LogP contribution >= 0.6 is 39.9 Å². The number of terminal acetylenes is 1. The summed E-state index contributed by atoms with van der Waals surface area (Å²) < 4.78 is 17.0. The molecule has 0 unspecified atom stereocenters. The van der Waals surface area contributed by atoms with Crippen LogP contribution in [0.4, 0.5) is 0 Å². The van der Waals surface area contributed by atoms with E-state index in [2.05, 4.69) is 27.3 Å². The number of thioether (sulfide) groups is 1. The Bertz CT molecular complexity index is 1140. The van der Waals surface area contributed by atoms with Crippen LogP contribution in [0.3, 0.4) is 0 Å². The third kappa shape index (κ3) is 5.24. The zero-order chi connectivity index (χ0) is 23.3. The highest BCUT2D eigenvalue weighted by Gasteiger charge is 2.34. The van der Waals surface area contributed by atoms with Crippen molar-refractivity contribution in [3.8, 4) is 29.6 Å². The number of amides is 2. The minimum Gasteiger partial charge on any atom is -0.497 e. The molecule has 1 saturated heterocycles. The van der Waals surface area contributed by atoms with E-state index in [0.29, 0.717) is 33.3 Å². The number of thiocarbonyl (C=S) groups is 1. The Labute approximate surface area is 203 Å². The summed E-state index contributed by atoms with van der Waals surface area (Å²) in [5.74, 6) is 2.91. The molecule has 0 atom stereocenters. The van der Waals surface area contributed by atoms with Crippen LogP contribution in [0.1, 0.15) is 15.9 Å². The fourth-order valence-corrected chi connectivity index (χ4v) is 4.35. The molecule has 7 nitrogen and oxygen atoms in total. The summed E-state index contributed by atoms with van der Waals surface area (Å²) in [7, 11) is 3.04. The molecule has 10 heteroatoms. The molecule has 1 fully saturated rings. The first-order chi connectivity index (χ1) is 15.4. The lowest BCUT2D eigenvalue weighted by Crippen LogP contribution is -2.44. The highest BCUT2D eigenvalue weighted by Crippen LogP contribution is 2.39. The predicted molar refractivity (Wildman–Crippen MR) is 130 cm³/mol. The molecule has 1 N–H and O–H groups in total. The van der Waals surface area contributed by atoms with E-state index in [-0.39, 0.29) is 10.9 Å². The summed E-state index contributed by atoms with van der Waals surface area (Å²) in [6, 6.07) is 9.96. The van der Waals surface area contributed by atoms with Crippen molar-refractivity contribution in [1.29, 1.82) is 0 Å². The average Bonchev–Trinajstić information content (AvgIpc) is 3.05. The number of carbonyl (C=O) groups excluding carboxylic acids is 2. The van der Waals surface area contributed by atoms with Crippen molar-refractivity contribution >= 4 is 62.1 Å². The fraction of sp³-hybridized carbons (Fsp3) is 0.136. The molecule has 1 aliphatic rings. The van der Waals surface area contributed by atoms with Gasteiger partial charge in [0.05, 0.1) is 19.1 Å². The van der Waals surface area contributed by atoms with Crippen molar-refractivity contribution in [2.45, 2.75) is 0 Å². The third-order valence-electron chi connectivity index (χ3n) is 4.21. The number of carbonyl (C=O) groups is 2. The number of nitrogens with one attached hydrogen (secondary N) is 1. The van der Waals surface area contributed by atoms with Gasteiger partial charge in [0.25, 0.3) is 11.8 Å². The zero-order valence-corrected chi connectivity index (χ0v) is 20.2. The Kier molecular flexibility index (Phi) is 7.80. The summed E-state index contributed by atoms with van der Waals surface area (Å²) in [6.45, 7) is 0.0255. The van der Waals surface area contributed by atoms with E-state index in [9.17, 15) is 9.59 Å². The first kappa shape index (κ1) is 23.7. The molecule has 0 aliphatic carbocycles. The SMILES string of the molecule is C#CCOc1c(/C=C2/SC(=S)N(NC(=O)c3ccc(OC)cc3)C2=O)cc(Br)cc1OC. The Morgan fingerprint density at radius 2 is 2.00 bits per heavy atom. The van der Waals surface area contributed by atoms with Gasteiger partial charge in [0, 0.05) is 15.6 Å². The lowest BCUT2D eigenvalue weighted by atomic mass is 10.1. The number of hydrogen-bond acceptors (Lipinski definition) is 7. The maximum absolute atomic E-state index is 13.0. The number of ether oxygens (including phenoxy) is 3. The molecule has 0 spiro atoms. The summed E-state index contributed by atoms with van der Waals surface area (Å²) >= 11 is 9.76. The molecule has 1 aliphatic heterocycles. The number of halogens is 1. The van der Waals surface area contributed by atoms with Gasteiger partial charge in [-0.15, -0.1) is 6.42 Å². The topological polar surface area (TPSA) is 77.1 Å². The van der Waals surface area contributed by atoms with Gasteiger partial charge < -0.3 is 14.2 Å². The molecule has 0 radical (unpaired) electrons. The third-order valence-corrected chi connectivity index (χ3v) is 5.97. The monoisotopic (exact) mass is 532 g/mol. The maximum atomic E-state index is 13.0. The number of rotatable bonds is 7. The number of hydrogen-bond donors (Lipinski definition) is 1. The zero-order valence-electron chi connectivity index (χ0n) is 17.0. The van der Waals surface area contributed by atoms with Gasteiger partial charge in [-0.25, -0.2) is 0 Å². The van der Waals surface area contributed by atoms with E-state index >= 15 is 0 Å². The second kappa shape index (κ2) is 10.5. The van der Waals surface area contributed by atoms with Crippen LogP contribution < -0.4 is 19.6 Å². The molecular formula is C22H17BrN2O5S2. The molecule has 32 heavy (non-hydrogen) atoms. The van der Waals surface area contributed by atoms with E-state index in [1.54, 1.807) is 42.5 Å². The molecule has 0 saturated carbocycles. The predicted octanol–water partition coefficient (Wildman–Crippen LogP) is 4.02. The second-order valence-corrected chi connectivity index (χ2v) is 8.80. The number of benzene rings is 2. The smallest absolute Gasteiger partial charge is 0.285 e. The lowest BCUT2D eigenvalue weighted by Gasteiger charge is -2.16. The van der Waals surface area contributed by atoms with E-state index in [1.165, 1.54) is 14.2 Å². The van der Waals surface area contributed by atoms with Crippen LogP contribution in [0.25, 0.3) is 6.08 Å². The van der Waals surface area contributed by atoms with Crippen molar-refractivity contribution in [2.75, 3.05) is 20.8 Å².